The number of benzene rings is 2. The molecule has 0 aliphatic carbocycles. The lowest BCUT2D eigenvalue weighted by atomic mass is 10.1. The number of nitrogens with one attached hydrogen (secondary N) is 1. The molecule has 0 radical (unpaired) electrons. The number of alkyl halides is 6. The molecule has 0 amide bonds. The molecule has 0 heterocycles. The molecular weight excluding hydrogens is 402 g/mol. The summed E-state index contributed by atoms with van der Waals surface area (Å²) in [4.78, 5) is 1.37. The molecule has 9 heteroatoms. The maximum Gasteiger partial charge on any atom is 0.416 e. The summed E-state index contributed by atoms with van der Waals surface area (Å²) in [5.74, 6) is 0. The van der Waals surface area contributed by atoms with Crippen LogP contribution in [0.25, 0.3) is 0 Å². The first-order chi connectivity index (χ1) is 13.0. The van der Waals surface area contributed by atoms with E-state index in [-0.39, 0.29) is 23.0 Å². The van der Waals surface area contributed by atoms with Crippen LogP contribution in [-0.4, -0.2) is 11.7 Å². The monoisotopic (exact) mass is 418 g/mol. The van der Waals surface area contributed by atoms with Crippen molar-refractivity contribution in [2.75, 3.05) is 16.8 Å². The van der Waals surface area contributed by atoms with Crippen LogP contribution in [0.1, 0.15) is 18.1 Å². The molecular formula is C19H16F6N2S. The lowest BCUT2D eigenvalue weighted by molar-refractivity contribution is -0.138. The topological polar surface area (TPSA) is 15.3 Å². The minimum absolute atomic E-state index is 0.0308. The van der Waals surface area contributed by atoms with E-state index in [0.717, 1.165) is 24.3 Å². The predicted octanol–water partition coefficient (Wildman–Crippen LogP) is 6.50. The second-order valence-corrected chi connectivity index (χ2v) is 6.12. The molecule has 28 heavy (non-hydrogen) atoms. The number of halogens is 6. The molecule has 0 atom stereocenters. The van der Waals surface area contributed by atoms with E-state index in [1.807, 2.05) is 0 Å². The zero-order chi connectivity index (χ0) is 20.9. The van der Waals surface area contributed by atoms with Gasteiger partial charge < -0.3 is 10.2 Å². The Balaban J connectivity index is 2.32. The molecule has 0 aromatic heterocycles. The van der Waals surface area contributed by atoms with E-state index in [9.17, 15) is 26.3 Å². The highest BCUT2D eigenvalue weighted by atomic mass is 32.1. The van der Waals surface area contributed by atoms with Gasteiger partial charge in [0.1, 0.15) is 0 Å². The van der Waals surface area contributed by atoms with Crippen LogP contribution in [0, 0.1) is 0 Å². The second kappa shape index (κ2) is 8.64. The molecule has 2 rings (SSSR count). The molecule has 0 saturated heterocycles. The van der Waals surface area contributed by atoms with Crippen LogP contribution in [0.4, 0.5) is 37.7 Å². The van der Waals surface area contributed by atoms with E-state index < -0.39 is 23.5 Å². The Bertz CT molecular complexity index is 858. The van der Waals surface area contributed by atoms with Gasteiger partial charge in [0.2, 0.25) is 0 Å². The molecule has 0 saturated carbocycles. The number of nitrogens with zero attached hydrogens (tertiary/aromatic N) is 1. The average molecular weight is 418 g/mol. The van der Waals surface area contributed by atoms with Gasteiger partial charge in [-0.15, -0.1) is 0 Å². The average Bonchev–Trinajstić information content (AvgIpc) is 2.61. The highest BCUT2D eigenvalue weighted by molar-refractivity contribution is 7.80. The summed E-state index contributed by atoms with van der Waals surface area (Å²) in [5, 5.41) is 2.63. The largest absolute Gasteiger partial charge is 0.416 e. The van der Waals surface area contributed by atoms with Gasteiger partial charge in [-0.05, 0) is 55.5 Å². The number of rotatable bonds is 4. The molecule has 150 valence electrons. The highest BCUT2D eigenvalue weighted by Gasteiger charge is 2.32. The van der Waals surface area contributed by atoms with Gasteiger partial charge in [0.15, 0.2) is 5.11 Å². The van der Waals surface area contributed by atoms with Crippen molar-refractivity contribution in [3.63, 3.8) is 0 Å². The Hall–Kier alpha value is -2.55. The van der Waals surface area contributed by atoms with E-state index in [1.54, 1.807) is 19.1 Å². The van der Waals surface area contributed by atoms with Crippen molar-refractivity contribution in [1.82, 2.24) is 0 Å². The van der Waals surface area contributed by atoms with Crippen LogP contribution in [-0.2, 0) is 12.4 Å². The normalized spacial score (nSPS) is 12.2. The highest BCUT2D eigenvalue weighted by Crippen LogP contribution is 2.33. The summed E-state index contributed by atoms with van der Waals surface area (Å²) in [6.07, 6.45) is -5.70. The number of anilines is 2. The Kier molecular flexibility index (Phi) is 6.71. The Labute approximate surface area is 163 Å². The van der Waals surface area contributed by atoms with Gasteiger partial charge in [-0.2, -0.15) is 26.3 Å². The molecule has 2 nitrogen and oxygen atoms in total. The van der Waals surface area contributed by atoms with E-state index >= 15 is 0 Å². The summed E-state index contributed by atoms with van der Waals surface area (Å²) in [7, 11) is 0. The van der Waals surface area contributed by atoms with Crippen LogP contribution in [0.15, 0.2) is 60.7 Å². The first-order valence-electron chi connectivity index (χ1n) is 8.06. The van der Waals surface area contributed by atoms with Crippen molar-refractivity contribution in [2.24, 2.45) is 0 Å². The molecule has 0 spiro atoms. The van der Waals surface area contributed by atoms with Gasteiger partial charge in [0, 0.05) is 17.9 Å². The Morgan fingerprint density at radius 1 is 0.964 bits per heavy atom. The Morgan fingerprint density at radius 2 is 1.54 bits per heavy atom. The molecule has 0 fully saturated rings. The van der Waals surface area contributed by atoms with Crippen molar-refractivity contribution in [3.05, 3.63) is 71.8 Å². The predicted molar refractivity (Wildman–Crippen MR) is 101 cm³/mol. The van der Waals surface area contributed by atoms with E-state index in [2.05, 4.69) is 5.32 Å². The van der Waals surface area contributed by atoms with Gasteiger partial charge in [-0.1, -0.05) is 24.3 Å². The summed E-state index contributed by atoms with van der Waals surface area (Å²) >= 11 is 5.24. The number of hydrogen-bond donors (Lipinski definition) is 1. The van der Waals surface area contributed by atoms with Crippen molar-refractivity contribution in [3.8, 4) is 0 Å². The van der Waals surface area contributed by atoms with Gasteiger partial charge in [-0.3, -0.25) is 0 Å². The maximum absolute atomic E-state index is 13.0. The fourth-order valence-corrected chi connectivity index (χ4v) is 2.63. The van der Waals surface area contributed by atoms with Gasteiger partial charge >= 0.3 is 12.4 Å². The van der Waals surface area contributed by atoms with Crippen molar-refractivity contribution in [1.29, 1.82) is 0 Å². The van der Waals surface area contributed by atoms with Crippen LogP contribution < -0.4 is 10.2 Å². The summed E-state index contributed by atoms with van der Waals surface area (Å²) in [6, 6.07) is 8.96. The minimum Gasteiger partial charge on any atom is -0.332 e. The molecule has 2 aromatic carbocycles. The van der Waals surface area contributed by atoms with Crippen LogP contribution >= 0.6 is 12.2 Å². The number of thiocarbonyl (C=S) groups is 1. The fraction of sp³-hybridized carbons (Fsp3) is 0.211. The molecule has 0 aliphatic rings. The first kappa shape index (κ1) is 21.7. The Morgan fingerprint density at radius 3 is 2.11 bits per heavy atom. The third kappa shape index (κ3) is 5.72. The number of hydrogen-bond acceptors (Lipinski definition) is 1. The smallest absolute Gasteiger partial charge is 0.332 e. The third-order valence-corrected chi connectivity index (χ3v) is 4.02. The molecule has 0 unspecified atom stereocenters. The fourth-order valence-electron chi connectivity index (χ4n) is 2.33. The minimum atomic E-state index is -4.53. The van der Waals surface area contributed by atoms with Crippen molar-refractivity contribution >= 4 is 28.7 Å². The summed E-state index contributed by atoms with van der Waals surface area (Å²) < 4.78 is 77.6. The van der Waals surface area contributed by atoms with Gasteiger partial charge in [-0.25, -0.2) is 0 Å². The standard InChI is InChI=1S/C19H16F6N2S/c1-2-3-10-27(16-9-5-7-14(12-16)19(23,24)25)17(28)26-15-8-4-6-13(11-15)18(20,21)22/h2-9,11-12H,10H2,1H3,(H,26,28). The quantitative estimate of drug-likeness (QED) is 0.346. The maximum atomic E-state index is 13.0. The SMILES string of the molecule is CC=CCN(C(=S)Nc1cccc(C(F)(F)F)c1)c1cccc(C(F)(F)F)c1. The summed E-state index contributed by atoms with van der Waals surface area (Å²) in [5.41, 5.74) is -1.47. The van der Waals surface area contributed by atoms with Gasteiger partial charge in [0.25, 0.3) is 0 Å². The molecule has 1 N–H and O–H groups in total. The van der Waals surface area contributed by atoms with Crippen LogP contribution in [0.3, 0.4) is 0 Å². The number of allylic oxidation sites excluding steroid dienone is 1. The van der Waals surface area contributed by atoms with Crippen LogP contribution in [0.5, 0.6) is 0 Å². The van der Waals surface area contributed by atoms with E-state index in [1.165, 1.54) is 29.2 Å². The summed E-state index contributed by atoms with van der Waals surface area (Å²) in [6.45, 7) is 1.87. The van der Waals surface area contributed by atoms with Crippen molar-refractivity contribution in [2.45, 2.75) is 19.3 Å². The lowest BCUT2D eigenvalue weighted by Gasteiger charge is -2.26. The van der Waals surface area contributed by atoms with Crippen molar-refractivity contribution < 1.29 is 26.3 Å². The molecule has 2 aromatic rings. The van der Waals surface area contributed by atoms with Gasteiger partial charge in [0.05, 0.1) is 11.1 Å². The van der Waals surface area contributed by atoms with E-state index in [4.69, 9.17) is 12.2 Å². The molecule has 0 bridgehead atoms. The zero-order valence-electron chi connectivity index (χ0n) is 14.6. The van der Waals surface area contributed by atoms with Crippen LogP contribution in [0.2, 0.25) is 0 Å². The zero-order valence-corrected chi connectivity index (χ0v) is 15.4. The third-order valence-electron chi connectivity index (χ3n) is 3.70. The first-order valence-corrected chi connectivity index (χ1v) is 8.47. The molecule has 0 aliphatic heterocycles. The van der Waals surface area contributed by atoms with E-state index in [0.29, 0.717) is 0 Å². The second-order valence-electron chi connectivity index (χ2n) is 5.74. The lowest BCUT2D eigenvalue weighted by Crippen LogP contribution is -2.35.